The molecule has 0 saturated heterocycles. The van der Waals surface area contributed by atoms with Crippen molar-refractivity contribution in [1.82, 2.24) is 10.3 Å². The number of hydrogen-bond donors (Lipinski definition) is 2. The fourth-order valence-corrected chi connectivity index (χ4v) is 4.44. The molecule has 0 spiro atoms. The minimum absolute atomic E-state index is 0.0809. The summed E-state index contributed by atoms with van der Waals surface area (Å²) in [6, 6.07) is 23.7. The minimum atomic E-state index is -0.503. The summed E-state index contributed by atoms with van der Waals surface area (Å²) >= 11 is 6.54. The minimum Gasteiger partial charge on any atom is -0.480 e. The van der Waals surface area contributed by atoms with Gasteiger partial charge in [-0.1, -0.05) is 66.2 Å². The van der Waals surface area contributed by atoms with Crippen LogP contribution < -0.4 is 10.1 Å². The van der Waals surface area contributed by atoms with Crippen LogP contribution in [0.2, 0.25) is 5.02 Å². The largest absolute Gasteiger partial charge is 0.480 e. The van der Waals surface area contributed by atoms with Crippen molar-refractivity contribution in [2.75, 3.05) is 6.54 Å². The number of hydrogen-bond acceptors (Lipinski definition) is 2. The lowest BCUT2D eigenvalue weighted by Gasteiger charge is -2.20. The van der Waals surface area contributed by atoms with Crippen LogP contribution in [0.3, 0.4) is 0 Å². The Bertz CT molecular complexity index is 1190. The highest BCUT2D eigenvalue weighted by Crippen LogP contribution is 2.34. The van der Waals surface area contributed by atoms with Gasteiger partial charge >= 0.3 is 0 Å². The molecule has 0 saturated carbocycles. The first kappa shape index (κ1) is 18.8. The zero-order chi connectivity index (χ0) is 20.5. The molecule has 2 N–H and O–H groups in total. The van der Waals surface area contributed by atoms with E-state index in [0.717, 1.165) is 33.3 Å². The van der Waals surface area contributed by atoms with E-state index in [-0.39, 0.29) is 11.8 Å². The highest BCUT2D eigenvalue weighted by molar-refractivity contribution is 6.31. The van der Waals surface area contributed by atoms with Crippen LogP contribution >= 0.6 is 11.6 Å². The second kappa shape index (κ2) is 7.88. The Balaban J connectivity index is 1.41. The normalized spacial score (nSPS) is 16.1. The van der Waals surface area contributed by atoms with Gasteiger partial charge < -0.3 is 15.0 Å². The molecule has 3 aromatic carbocycles. The van der Waals surface area contributed by atoms with Crippen molar-refractivity contribution in [2.45, 2.75) is 18.4 Å². The van der Waals surface area contributed by atoms with Crippen LogP contribution in [0.4, 0.5) is 0 Å². The van der Waals surface area contributed by atoms with E-state index in [1.54, 1.807) is 0 Å². The molecule has 1 aliphatic rings. The molecule has 0 unspecified atom stereocenters. The van der Waals surface area contributed by atoms with Crippen molar-refractivity contribution in [2.24, 2.45) is 0 Å². The maximum Gasteiger partial charge on any atom is 0.261 e. The second-order valence-electron chi connectivity index (χ2n) is 7.53. The van der Waals surface area contributed by atoms with Gasteiger partial charge in [-0.3, -0.25) is 4.79 Å². The second-order valence-corrected chi connectivity index (χ2v) is 7.93. The molecule has 1 amide bonds. The summed E-state index contributed by atoms with van der Waals surface area (Å²) in [7, 11) is 0. The van der Waals surface area contributed by atoms with E-state index in [1.807, 2.05) is 72.9 Å². The Labute approximate surface area is 179 Å². The fourth-order valence-electron chi connectivity index (χ4n) is 4.17. The van der Waals surface area contributed by atoms with Gasteiger partial charge in [0, 0.05) is 41.0 Å². The summed E-state index contributed by atoms with van der Waals surface area (Å²) in [5.74, 6) is 0.600. The van der Waals surface area contributed by atoms with Crippen molar-refractivity contribution >= 4 is 28.4 Å². The number of benzene rings is 3. The van der Waals surface area contributed by atoms with E-state index >= 15 is 0 Å². The number of halogens is 1. The summed E-state index contributed by atoms with van der Waals surface area (Å²) in [4.78, 5) is 16.2. The number of aromatic amines is 1. The average Bonchev–Trinajstić information content (AvgIpc) is 3.39. The summed E-state index contributed by atoms with van der Waals surface area (Å²) < 4.78 is 5.85. The van der Waals surface area contributed by atoms with Gasteiger partial charge in [0.25, 0.3) is 5.91 Å². The van der Waals surface area contributed by atoms with Crippen molar-refractivity contribution in [3.8, 4) is 5.75 Å². The number of rotatable bonds is 5. The van der Waals surface area contributed by atoms with Crippen LogP contribution in [-0.4, -0.2) is 23.5 Å². The fraction of sp³-hybridized carbons (Fsp3) is 0.160. The summed E-state index contributed by atoms with van der Waals surface area (Å²) in [5.41, 5.74) is 4.22. The Morgan fingerprint density at radius 2 is 1.80 bits per heavy atom. The molecule has 4 aromatic rings. The molecule has 2 atom stereocenters. The van der Waals surface area contributed by atoms with Crippen LogP contribution in [-0.2, 0) is 11.2 Å². The molecule has 2 heterocycles. The Kier molecular flexibility index (Phi) is 4.93. The molecule has 150 valence electrons. The van der Waals surface area contributed by atoms with Gasteiger partial charge in [0.15, 0.2) is 6.10 Å². The standard InChI is InChI=1S/C25H21ClN2O2/c26-21-10-4-2-8-17(21)19(20-14-27-22-11-5-3-9-18(20)22)15-28-25(29)24-13-16-7-1-6-12-23(16)30-24/h1-12,14,19,24,27H,13,15H2,(H,28,29)/t19-,24-/m1/s1. The number of ether oxygens (including phenoxy) is 1. The zero-order valence-corrected chi connectivity index (χ0v) is 17.0. The lowest BCUT2D eigenvalue weighted by molar-refractivity contribution is -0.127. The zero-order valence-electron chi connectivity index (χ0n) is 16.3. The van der Waals surface area contributed by atoms with Gasteiger partial charge in [0.05, 0.1) is 0 Å². The van der Waals surface area contributed by atoms with Crippen molar-refractivity contribution < 1.29 is 9.53 Å². The summed E-state index contributed by atoms with van der Waals surface area (Å²) in [5, 5.41) is 4.91. The molecule has 5 heteroatoms. The molecular formula is C25H21ClN2O2. The van der Waals surface area contributed by atoms with Crippen molar-refractivity contribution in [1.29, 1.82) is 0 Å². The van der Waals surface area contributed by atoms with E-state index in [0.29, 0.717) is 18.0 Å². The van der Waals surface area contributed by atoms with E-state index in [2.05, 4.69) is 16.4 Å². The van der Waals surface area contributed by atoms with Gasteiger partial charge in [-0.2, -0.15) is 0 Å². The predicted molar refractivity (Wildman–Crippen MR) is 119 cm³/mol. The first-order chi connectivity index (χ1) is 14.7. The number of aromatic nitrogens is 1. The number of nitrogens with one attached hydrogen (secondary N) is 2. The lowest BCUT2D eigenvalue weighted by atomic mass is 9.90. The molecule has 4 nitrogen and oxygen atoms in total. The lowest BCUT2D eigenvalue weighted by Crippen LogP contribution is -2.39. The van der Waals surface area contributed by atoms with Gasteiger partial charge in [-0.05, 0) is 34.9 Å². The molecule has 30 heavy (non-hydrogen) atoms. The third kappa shape index (κ3) is 3.44. The highest BCUT2D eigenvalue weighted by atomic mass is 35.5. The van der Waals surface area contributed by atoms with E-state index in [9.17, 15) is 4.79 Å². The summed E-state index contributed by atoms with van der Waals surface area (Å²) in [6.07, 6.45) is 2.09. The smallest absolute Gasteiger partial charge is 0.261 e. The average molecular weight is 417 g/mol. The molecular weight excluding hydrogens is 396 g/mol. The van der Waals surface area contributed by atoms with Gasteiger partial charge in [0.2, 0.25) is 0 Å². The Morgan fingerprint density at radius 3 is 2.67 bits per heavy atom. The van der Waals surface area contributed by atoms with Gasteiger partial charge in [0.1, 0.15) is 5.75 Å². The number of H-pyrrole nitrogens is 1. The molecule has 1 aromatic heterocycles. The molecule has 0 fully saturated rings. The quantitative estimate of drug-likeness (QED) is 0.477. The molecule has 1 aliphatic heterocycles. The third-order valence-electron chi connectivity index (χ3n) is 5.70. The summed E-state index contributed by atoms with van der Waals surface area (Å²) in [6.45, 7) is 0.431. The van der Waals surface area contributed by atoms with Crippen LogP contribution in [0.25, 0.3) is 10.9 Å². The van der Waals surface area contributed by atoms with Crippen LogP contribution in [0.5, 0.6) is 5.75 Å². The number of amides is 1. The van der Waals surface area contributed by atoms with Crippen LogP contribution in [0.1, 0.15) is 22.6 Å². The number of carbonyl (C=O) groups is 1. The SMILES string of the molecule is O=C(NC[C@H](c1ccccc1Cl)c1c[nH]c2ccccc12)[C@H]1Cc2ccccc2O1. The molecule has 0 radical (unpaired) electrons. The molecule has 0 bridgehead atoms. The third-order valence-corrected chi connectivity index (χ3v) is 6.04. The topological polar surface area (TPSA) is 54.1 Å². The number of carbonyl (C=O) groups excluding carboxylic acids is 1. The Hall–Kier alpha value is -3.24. The van der Waals surface area contributed by atoms with Crippen molar-refractivity contribution in [3.63, 3.8) is 0 Å². The molecule has 0 aliphatic carbocycles. The van der Waals surface area contributed by atoms with Crippen LogP contribution in [0.15, 0.2) is 79.0 Å². The number of para-hydroxylation sites is 2. The van der Waals surface area contributed by atoms with E-state index < -0.39 is 6.10 Å². The van der Waals surface area contributed by atoms with Crippen molar-refractivity contribution in [3.05, 3.63) is 101 Å². The van der Waals surface area contributed by atoms with Gasteiger partial charge in [-0.15, -0.1) is 0 Å². The van der Waals surface area contributed by atoms with E-state index in [4.69, 9.17) is 16.3 Å². The maximum atomic E-state index is 12.9. The van der Waals surface area contributed by atoms with E-state index in [1.165, 1.54) is 0 Å². The molecule has 5 rings (SSSR count). The maximum absolute atomic E-state index is 12.9. The number of fused-ring (bicyclic) bond motifs is 2. The van der Waals surface area contributed by atoms with Crippen LogP contribution in [0, 0.1) is 0 Å². The highest BCUT2D eigenvalue weighted by Gasteiger charge is 2.30. The van der Waals surface area contributed by atoms with Gasteiger partial charge in [-0.25, -0.2) is 0 Å². The first-order valence-corrected chi connectivity index (χ1v) is 10.4. The first-order valence-electron chi connectivity index (χ1n) is 10.0. The predicted octanol–water partition coefficient (Wildman–Crippen LogP) is 5.07. The monoisotopic (exact) mass is 416 g/mol. The Morgan fingerprint density at radius 1 is 1.03 bits per heavy atom.